The SMILES string of the molecule is N#Cc1ccc(OCc2cncn2C2CC2)cc1F. The zero-order valence-electron chi connectivity index (χ0n) is 10.2. The molecule has 1 saturated carbocycles. The number of benzene rings is 1. The minimum absolute atomic E-state index is 0.0235. The van der Waals surface area contributed by atoms with Gasteiger partial charge in [-0.2, -0.15) is 5.26 Å². The molecular formula is C14H12FN3O. The van der Waals surface area contributed by atoms with E-state index in [2.05, 4.69) is 9.55 Å². The van der Waals surface area contributed by atoms with Crippen LogP contribution in [0.15, 0.2) is 30.7 Å². The standard InChI is InChI=1S/C14H12FN3O/c15-14-5-13(4-1-10(14)6-16)19-8-12-7-17-9-18(12)11-2-3-11/h1,4-5,7,9,11H,2-3,8H2. The molecule has 0 saturated heterocycles. The molecule has 4 nitrogen and oxygen atoms in total. The fourth-order valence-electron chi connectivity index (χ4n) is 1.96. The van der Waals surface area contributed by atoms with Crippen LogP contribution in [-0.2, 0) is 6.61 Å². The molecule has 1 aliphatic rings. The average Bonchev–Trinajstić information content (AvgIpc) is 3.15. The first-order valence-electron chi connectivity index (χ1n) is 6.11. The van der Waals surface area contributed by atoms with E-state index >= 15 is 0 Å². The maximum absolute atomic E-state index is 13.4. The van der Waals surface area contributed by atoms with Gasteiger partial charge in [0, 0.05) is 12.1 Å². The molecule has 96 valence electrons. The first-order valence-corrected chi connectivity index (χ1v) is 6.11. The van der Waals surface area contributed by atoms with Gasteiger partial charge < -0.3 is 9.30 Å². The Bertz CT molecular complexity index is 640. The predicted molar refractivity (Wildman–Crippen MR) is 65.9 cm³/mol. The summed E-state index contributed by atoms with van der Waals surface area (Å²) in [5, 5.41) is 8.65. The Morgan fingerprint density at radius 1 is 1.47 bits per heavy atom. The molecule has 0 radical (unpaired) electrons. The van der Waals surface area contributed by atoms with E-state index in [0.717, 1.165) is 5.69 Å². The lowest BCUT2D eigenvalue weighted by molar-refractivity contribution is 0.293. The van der Waals surface area contributed by atoms with Crippen molar-refractivity contribution in [3.63, 3.8) is 0 Å². The smallest absolute Gasteiger partial charge is 0.144 e. The highest BCUT2D eigenvalue weighted by molar-refractivity contribution is 5.36. The highest BCUT2D eigenvalue weighted by atomic mass is 19.1. The van der Waals surface area contributed by atoms with Crippen molar-refractivity contribution < 1.29 is 9.13 Å². The molecule has 1 fully saturated rings. The van der Waals surface area contributed by atoms with Gasteiger partial charge in [-0.1, -0.05) is 0 Å². The molecule has 1 aliphatic carbocycles. The van der Waals surface area contributed by atoms with Crippen LogP contribution in [0.5, 0.6) is 5.75 Å². The van der Waals surface area contributed by atoms with Crippen LogP contribution in [0.4, 0.5) is 4.39 Å². The minimum Gasteiger partial charge on any atom is -0.487 e. The molecule has 1 heterocycles. The second kappa shape index (κ2) is 4.73. The Labute approximate surface area is 110 Å². The van der Waals surface area contributed by atoms with E-state index in [1.807, 2.05) is 0 Å². The fourth-order valence-corrected chi connectivity index (χ4v) is 1.96. The normalized spacial score (nSPS) is 14.1. The molecule has 1 aromatic heterocycles. The highest BCUT2D eigenvalue weighted by Gasteiger charge is 2.25. The van der Waals surface area contributed by atoms with E-state index in [9.17, 15) is 4.39 Å². The quantitative estimate of drug-likeness (QED) is 0.846. The van der Waals surface area contributed by atoms with Crippen LogP contribution in [-0.4, -0.2) is 9.55 Å². The van der Waals surface area contributed by atoms with Crippen molar-refractivity contribution in [2.45, 2.75) is 25.5 Å². The van der Waals surface area contributed by atoms with Gasteiger partial charge in [0.05, 0.1) is 23.8 Å². The van der Waals surface area contributed by atoms with Crippen LogP contribution >= 0.6 is 0 Å². The number of nitrogens with zero attached hydrogens (tertiary/aromatic N) is 3. The molecule has 0 aliphatic heterocycles. The molecule has 0 N–H and O–H groups in total. The van der Waals surface area contributed by atoms with Crippen molar-refractivity contribution >= 4 is 0 Å². The van der Waals surface area contributed by atoms with Crippen LogP contribution in [0.25, 0.3) is 0 Å². The molecule has 0 unspecified atom stereocenters. The van der Waals surface area contributed by atoms with Crippen molar-refractivity contribution in [3.05, 3.63) is 47.8 Å². The van der Waals surface area contributed by atoms with Gasteiger partial charge in [0.25, 0.3) is 0 Å². The van der Waals surface area contributed by atoms with Crippen LogP contribution in [0.2, 0.25) is 0 Å². The van der Waals surface area contributed by atoms with Crippen molar-refractivity contribution in [1.29, 1.82) is 5.26 Å². The van der Waals surface area contributed by atoms with E-state index in [1.165, 1.54) is 25.0 Å². The summed E-state index contributed by atoms with van der Waals surface area (Å²) in [5.74, 6) is -0.143. The number of aromatic nitrogens is 2. The third-order valence-electron chi connectivity index (χ3n) is 3.13. The molecule has 3 rings (SSSR count). The topological polar surface area (TPSA) is 50.8 Å². The van der Waals surface area contributed by atoms with Gasteiger partial charge in [0.1, 0.15) is 24.2 Å². The summed E-state index contributed by atoms with van der Waals surface area (Å²) in [6.45, 7) is 0.349. The third kappa shape index (κ3) is 2.43. The van der Waals surface area contributed by atoms with Crippen molar-refractivity contribution in [1.82, 2.24) is 9.55 Å². The Morgan fingerprint density at radius 3 is 3.00 bits per heavy atom. The van der Waals surface area contributed by atoms with Crippen LogP contribution in [0.1, 0.15) is 30.1 Å². The summed E-state index contributed by atoms with van der Waals surface area (Å²) in [6.07, 6.45) is 5.91. The van der Waals surface area contributed by atoms with E-state index in [-0.39, 0.29) is 5.56 Å². The molecule has 1 aromatic carbocycles. The summed E-state index contributed by atoms with van der Waals surface area (Å²) in [6, 6.07) is 6.57. The molecule has 0 amide bonds. The number of rotatable bonds is 4. The molecule has 0 atom stereocenters. The first-order chi connectivity index (χ1) is 9.28. The molecule has 5 heteroatoms. The minimum atomic E-state index is -0.560. The van der Waals surface area contributed by atoms with Gasteiger partial charge in [-0.3, -0.25) is 0 Å². The first kappa shape index (κ1) is 11.7. The summed E-state index contributed by atoms with van der Waals surface area (Å²) in [7, 11) is 0. The predicted octanol–water partition coefficient (Wildman–Crippen LogP) is 2.81. The number of halogens is 1. The maximum atomic E-state index is 13.4. The Morgan fingerprint density at radius 2 is 2.32 bits per heavy atom. The van der Waals surface area contributed by atoms with Gasteiger partial charge in [-0.15, -0.1) is 0 Å². The fraction of sp³-hybridized carbons (Fsp3) is 0.286. The van der Waals surface area contributed by atoms with Crippen LogP contribution < -0.4 is 4.74 Å². The summed E-state index contributed by atoms with van der Waals surface area (Å²) < 4.78 is 21.1. The van der Waals surface area contributed by atoms with Gasteiger partial charge in [-0.25, -0.2) is 9.37 Å². The van der Waals surface area contributed by atoms with E-state index in [4.69, 9.17) is 10.00 Å². The lowest BCUT2D eigenvalue weighted by Gasteiger charge is -2.09. The number of hydrogen-bond acceptors (Lipinski definition) is 3. The summed E-state index contributed by atoms with van der Waals surface area (Å²) in [5.41, 5.74) is 1.00. The summed E-state index contributed by atoms with van der Waals surface area (Å²) in [4.78, 5) is 4.11. The number of hydrogen-bond donors (Lipinski definition) is 0. The van der Waals surface area contributed by atoms with Crippen molar-refractivity contribution in [2.24, 2.45) is 0 Å². The highest BCUT2D eigenvalue weighted by Crippen LogP contribution is 2.35. The Balaban J connectivity index is 1.70. The van der Waals surface area contributed by atoms with E-state index in [1.54, 1.807) is 24.7 Å². The maximum Gasteiger partial charge on any atom is 0.144 e. The van der Waals surface area contributed by atoms with Gasteiger partial charge in [-0.05, 0) is 25.0 Å². The zero-order valence-corrected chi connectivity index (χ0v) is 10.2. The molecule has 0 spiro atoms. The largest absolute Gasteiger partial charge is 0.487 e. The number of nitriles is 1. The molecule has 2 aromatic rings. The lowest BCUT2D eigenvalue weighted by Crippen LogP contribution is -2.03. The van der Waals surface area contributed by atoms with E-state index in [0.29, 0.717) is 18.4 Å². The summed E-state index contributed by atoms with van der Waals surface area (Å²) >= 11 is 0. The monoisotopic (exact) mass is 257 g/mol. The van der Waals surface area contributed by atoms with Gasteiger partial charge in [0.15, 0.2) is 0 Å². The average molecular weight is 257 g/mol. The third-order valence-corrected chi connectivity index (χ3v) is 3.13. The molecular weight excluding hydrogens is 245 g/mol. The molecule has 0 bridgehead atoms. The molecule has 19 heavy (non-hydrogen) atoms. The second-order valence-electron chi connectivity index (χ2n) is 4.57. The van der Waals surface area contributed by atoms with Gasteiger partial charge in [0.2, 0.25) is 0 Å². The number of imidazole rings is 1. The van der Waals surface area contributed by atoms with E-state index < -0.39 is 5.82 Å². The Kier molecular flexibility index (Phi) is 2.92. The van der Waals surface area contributed by atoms with Crippen molar-refractivity contribution in [2.75, 3.05) is 0 Å². The Hall–Kier alpha value is -2.35. The lowest BCUT2D eigenvalue weighted by atomic mass is 10.2. The van der Waals surface area contributed by atoms with Crippen LogP contribution in [0.3, 0.4) is 0 Å². The zero-order chi connectivity index (χ0) is 13.2. The van der Waals surface area contributed by atoms with Crippen LogP contribution in [0, 0.1) is 17.1 Å². The number of ether oxygens (including phenoxy) is 1. The van der Waals surface area contributed by atoms with Crippen molar-refractivity contribution in [3.8, 4) is 11.8 Å². The second-order valence-corrected chi connectivity index (χ2v) is 4.57. The van der Waals surface area contributed by atoms with Gasteiger partial charge >= 0.3 is 0 Å².